The number of amides is 1. The number of nitrogen functional groups attached to an aromatic ring is 1. The van der Waals surface area contributed by atoms with E-state index in [4.69, 9.17) is 5.73 Å². The molecular formula is C10H17N5O3S. The second-order valence-electron chi connectivity index (χ2n) is 4.52. The highest BCUT2D eigenvalue weighted by atomic mass is 32.2. The van der Waals surface area contributed by atoms with Crippen molar-refractivity contribution in [1.29, 1.82) is 0 Å². The van der Waals surface area contributed by atoms with E-state index in [-0.39, 0.29) is 16.6 Å². The Bertz CT molecular complexity index is 561. The highest BCUT2D eigenvalue weighted by Gasteiger charge is 2.28. The van der Waals surface area contributed by atoms with Gasteiger partial charge in [0.05, 0.1) is 12.2 Å². The molecule has 1 unspecified atom stereocenters. The van der Waals surface area contributed by atoms with E-state index >= 15 is 0 Å². The van der Waals surface area contributed by atoms with E-state index in [1.807, 2.05) is 0 Å². The lowest BCUT2D eigenvalue weighted by Crippen LogP contribution is -2.45. The van der Waals surface area contributed by atoms with Crippen molar-refractivity contribution in [1.82, 2.24) is 19.8 Å². The molecule has 0 aromatic carbocycles. The number of anilines is 1. The van der Waals surface area contributed by atoms with Crippen molar-refractivity contribution in [2.75, 3.05) is 18.8 Å². The van der Waals surface area contributed by atoms with Crippen LogP contribution in [0.4, 0.5) is 5.82 Å². The van der Waals surface area contributed by atoms with E-state index in [0.717, 1.165) is 19.0 Å². The first kappa shape index (κ1) is 13.8. The highest BCUT2D eigenvalue weighted by molar-refractivity contribution is 7.89. The van der Waals surface area contributed by atoms with Gasteiger partial charge in [-0.15, -0.1) is 0 Å². The maximum atomic E-state index is 12.0. The van der Waals surface area contributed by atoms with Crippen molar-refractivity contribution in [3.8, 4) is 0 Å². The van der Waals surface area contributed by atoms with Crippen LogP contribution in [-0.4, -0.2) is 48.6 Å². The molecule has 0 aliphatic carbocycles. The minimum absolute atomic E-state index is 0.0479. The summed E-state index contributed by atoms with van der Waals surface area (Å²) in [4.78, 5) is 13.5. The molecule has 1 fully saturated rings. The van der Waals surface area contributed by atoms with Gasteiger partial charge in [0.25, 0.3) is 0 Å². The number of nitrogens with zero attached hydrogens (tertiary/aromatic N) is 2. The number of nitrogens with two attached hydrogens (primary N) is 1. The van der Waals surface area contributed by atoms with E-state index in [0.29, 0.717) is 13.1 Å². The molecule has 19 heavy (non-hydrogen) atoms. The minimum Gasteiger partial charge on any atom is -0.383 e. The molecule has 1 aromatic heterocycles. The third kappa shape index (κ3) is 2.87. The number of carbonyl (C=O) groups excluding carboxylic acids is 1. The van der Waals surface area contributed by atoms with Crippen molar-refractivity contribution in [2.45, 2.75) is 30.7 Å². The normalized spacial score (nSPS) is 17.6. The van der Waals surface area contributed by atoms with Crippen LogP contribution < -0.4 is 10.5 Å². The number of hydrogen-bond donors (Lipinski definition) is 3. The summed E-state index contributed by atoms with van der Waals surface area (Å²) in [5.41, 5.74) is 5.47. The lowest BCUT2D eigenvalue weighted by Gasteiger charge is -2.20. The maximum absolute atomic E-state index is 12.0. The summed E-state index contributed by atoms with van der Waals surface area (Å²) in [5, 5.41) is 5.90. The van der Waals surface area contributed by atoms with Crippen molar-refractivity contribution in [3.05, 3.63) is 6.20 Å². The molecule has 1 amide bonds. The first-order valence-corrected chi connectivity index (χ1v) is 7.50. The average molecular weight is 287 g/mol. The lowest BCUT2D eigenvalue weighted by molar-refractivity contribution is -0.131. The van der Waals surface area contributed by atoms with E-state index in [2.05, 4.69) is 14.9 Å². The molecule has 1 aliphatic rings. The van der Waals surface area contributed by atoms with Gasteiger partial charge in [-0.1, -0.05) is 0 Å². The zero-order valence-corrected chi connectivity index (χ0v) is 11.4. The molecule has 106 valence electrons. The zero-order valence-electron chi connectivity index (χ0n) is 10.6. The molecular weight excluding hydrogens is 270 g/mol. The Kier molecular flexibility index (Phi) is 3.76. The number of aromatic nitrogens is 2. The molecule has 9 heteroatoms. The fraction of sp³-hybridized carbons (Fsp3) is 0.600. The Balaban J connectivity index is 2.08. The van der Waals surface area contributed by atoms with Crippen molar-refractivity contribution < 1.29 is 13.2 Å². The van der Waals surface area contributed by atoms with Crippen LogP contribution >= 0.6 is 0 Å². The van der Waals surface area contributed by atoms with Crippen LogP contribution in [0.2, 0.25) is 0 Å². The summed E-state index contributed by atoms with van der Waals surface area (Å²) in [6, 6.07) is -0.822. The predicted octanol–water partition coefficient (Wildman–Crippen LogP) is -0.719. The Morgan fingerprint density at radius 3 is 2.68 bits per heavy atom. The number of rotatable bonds is 4. The minimum atomic E-state index is -3.84. The van der Waals surface area contributed by atoms with Gasteiger partial charge in [-0.2, -0.15) is 9.82 Å². The molecule has 2 rings (SSSR count). The second kappa shape index (κ2) is 5.17. The molecule has 0 saturated carbocycles. The summed E-state index contributed by atoms with van der Waals surface area (Å²) < 4.78 is 26.4. The van der Waals surface area contributed by atoms with E-state index < -0.39 is 16.1 Å². The van der Waals surface area contributed by atoms with Crippen LogP contribution in [0.15, 0.2) is 11.1 Å². The number of hydrogen-bond acceptors (Lipinski definition) is 5. The summed E-state index contributed by atoms with van der Waals surface area (Å²) in [7, 11) is -3.84. The first-order chi connectivity index (χ1) is 8.92. The number of carbonyl (C=O) groups is 1. The van der Waals surface area contributed by atoms with Gasteiger partial charge in [-0.05, 0) is 19.8 Å². The lowest BCUT2D eigenvalue weighted by atomic mass is 10.3. The van der Waals surface area contributed by atoms with Gasteiger partial charge in [0.15, 0.2) is 0 Å². The van der Waals surface area contributed by atoms with E-state index in [9.17, 15) is 13.2 Å². The maximum Gasteiger partial charge on any atom is 0.246 e. The number of aromatic amines is 1. The summed E-state index contributed by atoms with van der Waals surface area (Å²) in [6.07, 6.45) is 3.03. The van der Waals surface area contributed by atoms with Crippen LogP contribution in [0.1, 0.15) is 19.8 Å². The highest BCUT2D eigenvalue weighted by Crippen LogP contribution is 2.15. The molecule has 0 bridgehead atoms. The fourth-order valence-electron chi connectivity index (χ4n) is 2.06. The van der Waals surface area contributed by atoms with Crippen molar-refractivity contribution >= 4 is 21.7 Å². The summed E-state index contributed by atoms with van der Waals surface area (Å²) >= 11 is 0. The molecule has 8 nitrogen and oxygen atoms in total. The topological polar surface area (TPSA) is 121 Å². The van der Waals surface area contributed by atoms with Gasteiger partial charge in [-0.3, -0.25) is 9.89 Å². The van der Waals surface area contributed by atoms with Gasteiger partial charge in [-0.25, -0.2) is 8.42 Å². The molecule has 4 N–H and O–H groups in total. The van der Waals surface area contributed by atoms with Gasteiger partial charge in [0.1, 0.15) is 10.7 Å². The molecule has 2 heterocycles. The number of sulfonamides is 1. The molecule has 1 saturated heterocycles. The third-order valence-electron chi connectivity index (χ3n) is 3.04. The van der Waals surface area contributed by atoms with Gasteiger partial charge < -0.3 is 10.6 Å². The Hall–Kier alpha value is -1.61. The van der Waals surface area contributed by atoms with Crippen LogP contribution in [0.3, 0.4) is 0 Å². The van der Waals surface area contributed by atoms with Crippen molar-refractivity contribution in [3.63, 3.8) is 0 Å². The SMILES string of the molecule is CC(NS(=O)(=O)c1cn[nH]c1N)C(=O)N1CCCC1. The van der Waals surface area contributed by atoms with Crippen LogP contribution in [-0.2, 0) is 14.8 Å². The molecule has 0 radical (unpaired) electrons. The van der Waals surface area contributed by atoms with Gasteiger partial charge in [0.2, 0.25) is 15.9 Å². The second-order valence-corrected chi connectivity index (χ2v) is 6.21. The largest absolute Gasteiger partial charge is 0.383 e. The first-order valence-electron chi connectivity index (χ1n) is 6.02. The van der Waals surface area contributed by atoms with Crippen LogP contribution in [0.25, 0.3) is 0 Å². The Morgan fingerprint density at radius 1 is 1.53 bits per heavy atom. The molecule has 1 atom stereocenters. The third-order valence-corrected chi connectivity index (χ3v) is 4.61. The molecule has 1 aromatic rings. The number of nitrogens with one attached hydrogen (secondary N) is 2. The van der Waals surface area contributed by atoms with Crippen LogP contribution in [0.5, 0.6) is 0 Å². The van der Waals surface area contributed by atoms with Crippen molar-refractivity contribution in [2.24, 2.45) is 0 Å². The smallest absolute Gasteiger partial charge is 0.246 e. The summed E-state index contributed by atoms with van der Waals surface area (Å²) in [5.74, 6) is -0.267. The average Bonchev–Trinajstić information content (AvgIpc) is 2.97. The monoisotopic (exact) mass is 287 g/mol. The predicted molar refractivity (Wildman–Crippen MR) is 68.6 cm³/mol. The van der Waals surface area contributed by atoms with Gasteiger partial charge in [0, 0.05) is 13.1 Å². The van der Waals surface area contributed by atoms with Crippen LogP contribution in [0, 0.1) is 0 Å². The Labute approximate surface area is 111 Å². The Morgan fingerprint density at radius 2 is 2.16 bits per heavy atom. The van der Waals surface area contributed by atoms with E-state index in [1.165, 1.54) is 6.92 Å². The fourth-order valence-corrected chi connectivity index (χ4v) is 3.28. The number of likely N-dealkylation sites (tertiary alicyclic amines) is 1. The number of H-pyrrole nitrogens is 1. The quantitative estimate of drug-likeness (QED) is 0.675. The standard InChI is InChI=1S/C10H17N5O3S/c1-7(10(16)15-4-2-3-5-15)14-19(17,18)8-6-12-13-9(8)11/h6-7,14H,2-5H2,1H3,(H3,11,12,13). The van der Waals surface area contributed by atoms with E-state index in [1.54, 1.807) is 4.90 Å². The molecule has 1 aliphatic heterocycles. The van der Waals surface area contributed by atoms with Gasteiger partial charge >= 0.3 is 0 Å². The summed E-state index contributed by atoms with van der Waals surface area (Å²) in [6.45, 7) is 2.88. The molecule has 0 spiro atoms. The zero-order chi connectivity index (χ0) is 14.0.